The Balaban J connectivity index is 1.84. The van der Waals surface area contributed by atoms with Crippen molar-refractivity contribution >= 4 is 22.9 Å². The molecule has 2 unspecified atom stereocenters. The molecule has 1 aromatic heterocycles. The molecule has 7 nitrogen and oxygen atoms in total. The quantitative estimate of drug-likeness (QED) is 0.374. The number of nitrogens with zero attached hydrogens (tertiary/aromatic N) is 2. The summed E-state index contributed by atoms with van der Waals surface area (Å²) in [7, 11) is 1.46. The first kappa shape index (κ1) is 27.2. The lowest BCUT2D eigenvalue weighted by Crippen LogP contribution is -2.23. The second-order valence-electron chi connectivity index (χ2n) is 8.20. The first-order valence-electron chi connectivity index (χ1n) is 11.0. The van der Waals surface area contributed by atoms with Gasteiger partial charge in [-0.15, -0.1) is 0 Å². The van der Waals surface area contributed by atoms with Gasteiger partial charge in [0.1, 0.15) is 12.3 Å². The van der Waals surface area contributed by atoms with E-state index in [0.717, 1.165) is 11.6 Å². The van der Waals surface area contributed by atoms with Gasteiger partial charge < -0.3 is 10.5 Å². The predicted molar refractivity (Wildman–Crippen MR) is 131 cm³/mol. The minimum Gasteiger partial charge on any atom is -0.473 e. The van der Waals surface area contributed by atoms with Gasteiger partial charge in [0.15, 0.2) is 0 Å². The fourth-order valence-corrected chi connectivity index (χ4v) is 4.15. The van der Waals surface area contributed by atoms with Crippen LogP contribution in [0.5, 0.6) is 5.88 Å². The van der Waals surface area contributed by atoms with E-state index in [0.29, 0.717) is 22.4 Å². The molecule has 0 saturated carbocycles. The highest BCUT2D eigenvalue weighted by molar-refractivity contribution is 7.80. The molecular formula is C25H26F3N3O4S. The van der Waals surface area contributed by atoms with Gasteiger partial charge >= 0.3 is 6.18 Å². The van der Waals surface area contributed by atoms with Crippen LogP contribution in [0, 0.1) is 6.92 Å². The number of hydrogen-bond donors (Lipinski definition) is 2. The van der Waals surface area contributed by atoms with E-state index in [1.165, 1.54) is 17.4 Å². The van der Waals surface area contributed by atoms with Crippen molar-refractivity contribution in [1.82, 2.24) is 4.98 Å². The summed E-state index contributed by atoms with van der Waals surface area (Å²) in [5.41, 5.74) is 7.51. The van der Waals surface area contributed by atoms with Crippen LogP contribution in [0.1, 0.15) is 40.3 Å². The number of amides is 1. The number of hydrogen-bond acceptors (Lipinski definition) is 4. The molecule has 0 bridgehead atoms. The van der Waals surface area contributed by atoms with Gasteiger partial charge in [-0.25, -0.2) is 9.19 Å². The fourth-order valence-electron chi connectivity index (χ4n) is 3.77. The summed E-state index contributed by atoms with van der Waals surface area (Å²) < 4.78 is 67.3. The van der Waals surface area contributed by atoms with Gasteiger partial charge in [0.05, 0.1) is 11.6 Å². The highest BCUT2D eigenvalue weighted by Crippen LogP contribution is 2.33. The third kappa shape index (κ3) is 6.82. The van der Waals surface area contributed by atoms with E-state index in [2.05, 4.69) is 4.98 Å². The number of alkyl halides is 3. The number of ether oxygens (including phenoxy) is 1. The van der Waals surface area contributed by atoms with E-state index in [9.17, 15) is 26.7 Å². The number of carbonyl (C=O) groups excluding carboxylic acids is 1. The molecule has 1 amide bonds. The Kier molecular flexibility index (Phi) is 8.70. The van der Waals surface area contributed by atoms with E-state index in [1.54, 1.807) is 49.4 Å². The van der Waals surface area contributed by atoms with Gasteiger partial charge in [-0.1, -0.05) is 48.5 Å². The van der Waals surface area contributed by atoms with Gasteiger partial charge in [-0.2, -0.15) is 13.2 Å². The van der Waals surface area contributed by atoms with Crippen LogP contribution < -0.4 is 14.8 Å². The zero-order valence-corrected chi connectivity index (χ0v) is 20.5. The molecule has 3 N–H and O–H groups in total. The number of aryl methyl sites for hydroxylation is 2. The van der Waals surface area contributed by atoms with Crippen molar-refractivity contribution in [1.29, 1.82) is 0 Å². The van der Waals surface area contributed by atoms with Crippen molar-refractivity contribution in [3.8, 4) is 5.88 Å². The zero-order chi connectivity index (χ0) is 26.5. The number of anilines is 1. The molecule has 0 aliphatic carbocycles. The minimum atomic E-state index is -4.64. The summed E-state index contributed by atoms with van der Waals surface area (Å²) in [4.78, 5) is 16.0. The lowest BCUT2D eigenvalue weighted by molar-refractivity contribution is -0.141. The van der Waals surface area contributed by atoms with Crippen molar-refractivity contribution in [2.45, 2.75) is 38.5 Å². The molecule has 1 heterocycles. The topological polar surface area (TPSA) is 106 Å². The lowest BCUT2D eigenvalue weighted by Gasteiger charge is -2.20. The number of nitrogens with two attached hydrogens (primary N) is 1. The van der Waals surface area contributed by atoms with Gasteiger partial charge in [0.25, 0.3) is 11.3 Å². The second-order valence-corrected chi connectivity index (χ2v) is 9.21. The molecule has 3 rings (SSSR count). The summed E-state index contributed by atoms with van der Waals surface area (Å²) in [5, 5.41) is 0. The molecule has 2 atom stereocenters. The molecule has 0 spiro atoms. The van der Waals surface area contributed by atoms with E-state index in [-0.39, 0.29) is 25.3 Å². The van der Waals surface area contributed by atoms with Crippen LogP contribution in [0.15, 0.2) is 60.7 Å². The van der Waals surface area contributed by atoms with E-state index >= 15 is 0 Å². The van der Waals surface area contributed by atoms with Gasteiger partial charge in [-0.3, -0.25) is 13.7 Å². The van der Waals surface area contributed by atoms with E-state index in [4.69, 9.17) is 10.5 Å². The van der Waals surface area contributed by atoms with Gasteiger partial charge in [0.2, 0.25) is 11.8 Å². The standard InChI is InChI=1S/C25H26F3N3O4S/c1-16-14-19(9-12-21(16)31(2)36(33)34)20(23(29)32)11-8-18-10-13-22(25(26,27)28)30-24(18)35-15-17-6-4-3-5-7-17/h3-7,9-10,12-14,20H,8,11,15H2,1-2H3,(H2,29,32)(H,33,34). The molecule has 0 saturated heterocycles. The predicted octanol–water partition coefficient (Wildman–Crippen LogP) is 4.76. The average Bonchev–Trinajstić information content (AvgIpc) is 2.82. The summed E-state index contributed by atoms with van der Waals surface area (Å²) in [6, 6.07) is 16.1. The smallest absolute Gasteiger partial charge is 0.433 e. The molecule has 192 valence electrons. The first-order chi connectivity index (χ1) is 17.0. The summed E-state index contributed by atoms with van der Waals surface area (Å²) in [6.07, 6.45) is -4.25. The molecule has 2 aromatic carbocycles. The van der Waals surface area contributed by atoms with Crippen LogP contribution in [-0.2, 0) is 35.3 Å². The minimum absolute atomic E-state index is 0.0296. The number of benzene rings is 2. The van der Waals surface area contributed by atoms with Crippen molar-refractivity contribution in [2.24, 2.45) is 5.73 Å². The molecule has 0 aliphatic heterocycles. The number of aromatic nitrogens is 1. The second kappa shape index (κ2) is 11.5. The summed E-state index contributed by atoms with van der Waals surface area (Å²) in [6.45, 7) is 1.76. The van der Waals surface area contributed by atoms with E-state index in [1.807, 2.05) is 6.07 Å². The Morgan fingerprint density at radius 2 is 1.86 bits per heavy atom. The SMILES string of the molecule is Cc1cc(C(CCc2ccc(C(F)(F)F)nc2OCc2ccccc2)C(N)=O)ccc1N(C)S(=O)O. The Morgan fingerprint density at radius 1 is 1.17 bits per heavy atom. The Bertz CT molecular complexity index is 1240. The Labute approximate surface area is 209 Å². The molecule has 11 heteroatoms. The molecule has 0 radical (unpaired) electrons. The maximum atomic E-state index is 13.3. The van der Waals surface area contributed by atoms with Crippen LogP contribution in [0.25, 0.3) is 0 Å². The molecular weight excluding hydrogens is 495 g/mol. The third-order valence-electron chi connectivity index (χ3n) is 5.69. The average molecular weight is 522 g/mol. The zero-order valence-electron chi connectivity index (χ0n) is 19.7. The third-order valence-corrected chi connectivity index (χ3v) is 6.36. The first-order valence-corrected chi connectivity index (χ1v) is 12.0. The maximum absolute atomic E-state index is 13.3. The van der Waals surface area contributed by atoms with Crippen molar-refractivity contribution in [3.05, 3.63) is 88.6 Å². The number of primary amides is 1. The van der Waals surface area contributed by atoms with Crippen molar-refractivity contribution in [2.75, 3.05) is 11.4 Å². The molecule has 0 aliphatic rings. The van der Waals surface area contributed by atoms with E-state index < -0.39 is 35.0 Å². The monoisotopic (exact) mass is 521 g/mol. The lowest BCUT2D eigenvalue weighted by atomic mass is 9.90. The van der Waals surface area contributed by atoms with Crippen molar-refractivity contribution < 1.29 is 31.5 Å². The Morgan fingerprint density at radius 3 is 2.44 bits per heavy atom. The normalized spacial score (nSPS) is 13.2. The van der Waals surface area contributed by atoms with Crippen LogP contribution in [0.2, 0.25) is 0 Å². The number of halogens is 3. The molecule has 3 aromatic rings. The highest BCUT2D eigenvalue weighted by Gasteiger charge is 2.33. The van der Waals surface area contributed by atoms with Crippen LogP contribution in [0.3, 0.4) is 0 Å². The number of rotatable bonds is 10. The van der Waals surface area contributed by atoms with Crippen LogP contribution >= 0.6 is 0 Å². The van der Waals surface area contributed by atoms with Gasteiger partial charge in [0, 0.05) is 12.6 Å². The maximum Gasteiger partial charge on any atom is 0.433 e. The highest BCUT2D eigenvalue weighted by atomic mass is 32.2. The number of pyridine rings is 1. The molecule has 0 fully saturated rings. The fraction of sp³-hybridized carbons (Fsp3) is 0.280. The molecule has 36 heavy (non-hydrogen) atoms. The van der Waals surface area contributed by atoms with Crippen LogP contribution in [-0.4, -0.2) is 26.7 Å². The summed E-state index contributed by atoms with van der Waals surface area (Å²) in [5.74, 6) is -1.50. The number of carbonyl (C=O) groups is 1. The summed E-state index contributed by atoms with van der Waals surface area (Å²) >= 11 is -2.21. The van der Waals surface area contributed by atoms with Crippen molar-refractivity contribution in [3.63, 3.8) is 0 Å². The van der Waals surface area contributed by atoms with Gasteiger partial charge in [-0.05, 0) is 48.6 Å². The van der Waals surface area contributed by atoms with Crippen LogP contribution in [0.4, 0.5) is 18.9 Å². The largest absolute Gasteiger partial charge is 0.473 e. The Hall–Kier alpha value is -3.44.